The number of allylic oxidation sites excluding steroid dienone is 3. The third-order valence-electron chi connectivity index (χ3n) is 6.55. The van der Waals surface area contributed by atoms with E-state index in [2.05, 4.69) is 19.2 Å². The van der Waals surface area contributed by atoms with Crippen molar-refractivity contribution in [1.82, 2.24) is 5.32 Å². The van der Waals surface area contributed by atoms with Gasteiger partial charge in [-0.15, -0.1) is 0 Å². The van der Waals surface area contributed by atoms with Crippen LogP contribution in [0.5, 0.6) is 0 Å². The lowest BCUT2D eigenvalue weighted by molar-refractivity contribution is -0.142. The van der Waals surface area contributed by atoms with Crippen molar-refractivity contribution in [1.29, 1.82) is 0 Å². The highest BCUT2D eigenvalue weighted by molar-refractivity contribution is 6.04. The number of dihydropyridines is 1. The summed E-state index contributed by atoms with van der Waals surface area (Å²) >= 11 is 0. The van der Waals surface area contributed by atoms with Crippen LogP contribution >= 0.6 is 0 Å². The lowest BCUT2D eigenvalue weighted by atomic mass is 9.68. The van der Waals surface area contributed by atoms with Gasteiger partial charge in [0.2, 0.25) is 0 Å². The van der Waals surface area contributed by atoms with Gasteiger partial charge in [0.05, 0.1) is 24.4 Å². The molecule has 176 valence electrons. The van der Waals surface area contributed by atoms with Gasteiger partial charge >= 0.3 is 11.9 Å². The van der Waals surface area contributed by atoms with Crippen LogP contribution in [0, 0.1) is 5.41 Å². The van der Waals surface area contributed by atoms with Gasteiger partial charge in [-0.3, -0.25) is 4.79 Å². The van der Waals surface area contributed by atoms with E-state index in [1.807, 2.05) is 6.92 Å². The first-order valence-corrected chi connectivity index (χ1v) is 11.4. The molecule has 2 heterocycles. The van der Waals surface area contributed by atoms with Crippen LogP contribution in [0.25, 0.3) is 0 Å². The number of rotatable bonds is 5. The van der Waals surface area contributed by atoms with Crippen molar-refractivity contribution in [3.63, 3.8) is 0 Å². The van der Waals surface area contributed by atoms with Crippen molar-refractivity contribution in [3.8, 4) is 0 Å². The predicted octanol–water partition coefficient (Wildman–Crippen LogP) is 3.80. The van der Waals surface area contributed by atoms with E-state index >= 15 is 0 Å². The molecule has 0 spiro atoms. The average Bonchev–Trinajstić information content (AvgIpc) is 3.29. The van der Waals surface area contributed by atoms with Crippen LogP contribution in [0.4, 0.5) is 0 Å². The Morgan fingerprint density at radius 1 is 1.15 bits per heavy atom. The molecule has 4 rings (SSSR count). The molecule has 0 saturated carbocycles. The summed E-state index contributed by atoms with van der Waals surface area (Å²) in [6.07, 6.45) is 2.85. The maximum Gasteiger partial charge on any atom is 0.337 e. The van der Waals surface area contributed by atoms with Crippen LogP contribution < -0.4 is 5.32 Å². The number of benzene rings is 1. The Bertz CT molecular complexity index is 1030. The summed E-state index contributed by atoms with van der Waals surface area (Å²) in [5, 5.41) is 3.33. The number of carbonyl (C=O) groups excluding carboxylic acids is 3. The number of methoxy groups -OCH3 is 1. The Morgan fingerprint density at radius 2 is 1.88 bits per heavy atom. The summed E-state index contributed by atoms with van der Waals surface area (Å²) in [6.45, 7) is 6.86. The molecule has 3 aliphatic rings. The Morgan fingerprint density at radius 3 is 2.52 bits per heavy atom. The minimum Gasteiger partial charge on any atom is -0.465 e. The van der Waals surface area contributed by atoms with Crippen molar-refractivity contribution in [2.24, 2.45) is 5.41 Å². The quantitative estimate of drug-likeness (QED) is 0.678. The van der Waals surface area contributed by atoms with E-state index in [4.69, 9.17) is 14.2 Å². The minimum absolute atomic E-state index is 0.0210. The van der Waals surface area contributed by atoms with E-state index in [0.717, 1.165) is 24.1 Å². The predicted molar refractivity (Wildman–Crippen MR) is 121 cm³/mol. The number of carbonyl (C=O) groups is 3. The topological polar surface area (TPSA) is 90.9 Å². The Hall–Kier alpha value is -2.93. The number of ketones is 1. The van der Waals surface area contributed by atoms with Crippen molar-refractivity contribution < 1.29 is 28.6 Å². The SMILES string of the molecule is COC(=O)c1ccc([C@@H]2C(C(=O)OC[C@H]3CCCO3)=C(C)NC3=C2C(=O)CC(C)(C)C3)cc1. The van der Waals surface area contributed by atoms with Crippen LogP contribution in [-0.2, 0) is 23.8 Å². The number of hydrogen-bond donors (Lipinski definition) is 1. The zero-order valence-electron chi connectivity index (χ0n) is 19.7. The molecule has 0 bridgehead atoms. The molecule has 1 aromatic carbocycles. The lowest BCUT2D eigenvalue weighted by Crippen LogP contribution is -2.39. The Balaban J connectivity index is 1.72. The fourth-order valence-electron chi connectivity index (χ4n) is 4.99. The first-order chi connectivity index (χ1) is 15.7. The van der Waals surface area contributed by atoms with Gasteiger partial charge in [-0.25, -0.2) is 9.59 Å². The molecule has 0 amide bonds. The molecule has 2 atom stereocenters. The fraction of sp³-hybridized carbons (Fsp3) is 0.500. The molecule has 1 fully saturated rings. The molecule has 1 aliphatic carbocycles. The van der Waals surface area contributed by atoms with Gasteiger partial charge in [0, 0.05) is 35.9 Å². The molecule has 1 N–H and O–H groups in total. The van der Waals surface area contributed by atoms with Crippen LogP contribution in [-0.4, -0.2) is 44.1 Å². The first kappa shape index (κ1) is 23.2. The first-order valence-electron chi connectivity index (χ1n) is 11.4. The highest BCUT2D eigenvalue weighted by atomic mass is 16.6. The standard InChI is InChI=1S/C26H31NO6/c1-15-21(25(30)33-14-18-6-5-11-32-18)22(16-7-9-17(10-8-16)24(29)31-4)23-19(27-15)12-26(2,3)13-20(23)28/h7-10,18,22,27H,5-6,11-14H2,1-4H3/t18-,22-/m1/s1. The normalized spacial score (nSPS) is 24.3. The van der Waals surface area contributed by atoms with Crippen molar-refractivity contribution >= 4 is 17.7 Å². The molecule has 7 heteroatoms. The van der Waals surface area contributed by atoms with E-state index < -0.39 is 17.9 Å². The number of esters is 2. The molecule has 2 aliphatic heterocycles. The van der Waals surface area contributed by atoms with E-state index in [9.17, 15) is 14.4 Å². The van der Waals surface area contributed by atoms with Crippen molar-refractivity contribution in [2.45, 2.75) is 58.5 Å². The monoisotopic (exact) mass is 453 g/mol. The highest BCUT2D eigenvalue weighted by Gasteiger charge is 2.43. The van der Waals surface area contributed by atoms with Gasteiger partial charge in [0.25, 0.3) is 0 Å². The van der Waals surface area contributed by atoms with Gasteiger partial charge < -0.3 is 19.5 Å². The molecule has 7 nitrogen and oxygen atoms in total. The van der Waals surface area contributed by atoms with Gasteiger partial charge in [-0.2, -0.15) is 0 Å². The molecular weight excluding hydrogens is 422 g/mol. The van der Waals surface area contributed by atoms with E-state index in [0.29, 0.717) is 41.9 Å². The smallest absolute Gasteiger partial charge is 0.337 e. The minimum atomic E-state index is -0.562. The highest BCUT2D eigenvalue weighted by Crippen LogP contribution is 2.46. The summed E-state index contributed by atoms with van der Waals surface area (Å²) in [7, 11) is 1.33. The molecule has 1 aromatic rings. The number of hydrogen-bond acceptors (Lipinski definition) is 7. The van der Waals surface area contributed by atoms with Crippen molar-refractivity contribution in [3.05, 3.63) is 57.9 Å². The zero-order chi connectivity index (χ0) is 23.8. The fourth-order valence-corrected chi connectivity index (χ4v) is 4.99. The third-order valence-corrected chi connectivity index (χ3v) is 6.55. The molecular formula is C26H31NO6. The van der Waals surface area contributed by atoms with Crippen LogP contribution in [0.2, 0.25) is 0 Å². The second kappa shape index (κ2) is 9.14. The molecule has 0 unspecified atom stereocenters. The molecule has 0 radical (unpaired) electrons. The Labute approximate surface area is 194 Å². The second-order valence-corrected chi connectivity index (χ2v) is 9.78. The number of nitrogens with one attached hydrogen (secondary N) is 1. The Kier molecular flexibility index (Phi) is 6.43. The van der Waals surface area contributed by atoms with Gasteiger partial charge in [-0.05, 0) is 49.3 Å². The zero-order valence-corrected chi connectivity index (χ0v) is 19.7. The van der Waals surface area contributed by atoms with Gasteiger partial charge in [0.15, 0.2) is 5.78 Å². The largest absolute Gasteiger partial charge is 0.465 e. The van der Waals surface area contributed by atoms with Crippen LogP contribution in [0.1, 0.15) is 68.3 Å². The van der Waals surface area contributed by atoms with Crippen LogP contribution in [0.15, 0.2) is 46.8 Å². The van der Waals surface area contributed by atoms with Crippen molar-refractivity contribution in [2.75, 3.05) is 20.3 Å². The summed E-state index contributed by atoms with van der Waals surface area (Å²) in [6, 6.07) is 6.87. The summed E-state index contributed by atoms with van der Waals surface area (Å²) in [5.74, 6) is -1.44. The molecule has 0 aromatic heterocycles. The maximum atomic E-state index is 13.3. The van der Waals surface area contributed by atoms with E-state index in [-0.39, 0.29) is 23.9 Å². The maximum absolute atomic E-state index is 13.3. The third kappa shape index (κ3) is 4.74. The summed E-state index contributed by atoms with van der Waals surface area (Å²) < 4.78 is 16.0. The average molecular weight is 454 g/mol. The van der Waals surface area contributed by atoms with Gasteiger partial charge in [0.1, 0.15) is 6.61 Å². The number of Topliss-reactive ketones (excluding diaryl/α,β-unsaturated/α-hetero) is 1. The summed E-state index contributed by atoms with van der Waals surface area (Å²) in [5.41, 5.74) is 3.56. The second-order valence-electron chi connectivity index (χ2n) is 9.78. The number of ether oxygens (including phenoxy) is 3. The molecule has 33 heavy (non-hydrogen) atoms. The summed E-state index contributed by atoms with van der Waals surface area (Å²) in [4.78, 5) is 38.5. The molecule has 1 saturated heterocycles. The van der Waals surface area contributed by atoms with Gasteiger partial charge in [-0.1, -0.05) is 26.0 Å². The van der Waals surface area contributed by atoms with E-state index in [1.54, 1.807) is 24.3 Å². The van der Waals surface area contributed by atoms with E-state index in [1.165, 1.54) is 7.11 Å². The lowest BCUT2D eigenvalue weighted by Gasteiger charge is -2.39. The van der Waals surface area contributed by atoms with Crippen LogP contribution in [0.3, 0.4) is 0 Å².